The van der Waals surface area contributed by atoms with Crippen LogP contribution in [0, 0.1) is 5.92 Å². The number of hydrogen-bond donors (Lipinski definition) is 2. The molecule has 0 saturated carbocycles. The van der Waals surface area contributed by atoms with Crippen molar-refractivity contribution < 1.29 is 9.53 Å². The predicted molar refractivity (Wildman–Crippen MR) is 107 cm³/mol. The third-order valence-electron chi connectivity index (χ3n) is 5.37. The number of anilines is 3. The molecule has 8 nitrogen and oxygen atoms in total. The molecule has 0 spiro atoms. The van der Waals surface area contributed by atoms with E-state index in [9.17, 15) is 4.79 Å². The van der Waals surface area contributed by atoms with Crippen molar-refractivity contribution in [1.29, 1.82) is 0 Å². The molecule has 1 aromatic heterocycles. The predicted octanol–water partition coefficient (Wildman–Crippen LogP) is 1.74. The van der Waals surface area contributed by atoms with E-state index in [1.165, 1.54) is 32.4 Å². The summed E-state index contributed by atoms with van der Waals surface area (Å²) in [7, 11) is 0. The third-order valence-corrected chi connectivity index (χ3v) is 5.37. The van der Waals surface area contributed by atoms with Crippen LogP contribution in [0.1, 0.15) is 39.0 Å². The van der Waals surface area contributed by atoms with Gasteiger partial charge >= 0.3 is 5.97 Å². The standard InChI is InChI=1S/C19H32N6O2/c1-2-27-19(26)15-7-6-11-25(13-15)18-16(20)17(22-14-23-18)21-8-12-24-9-4-3-5-10-24/h14-15H,2-13,20H2,1H3,(H,21,22,23). The molecule has 0 bridgehead atoms. The molecule has 2 aliphatic rings. The Morgan fingerprint density at radius 2 is 2.07 bits per heavy atom. The van der Waals surface area contributed by atoms with Gasteiger partial charge in [0, 0.05) is 26.2 Å². The first-order valence-corrected chi connectivity index (χ1v) is 10.2. The van der Waals surface area contributed by atoms with Gasteiger partial charge in [0.1, 0.15) is 12.0 Å². The summed E-state index contributed by atoms with van der Waals surface area (Å²) < 4.78 is 5.18. The van der Waals surface area contributed by atoms with E-state index in [1.54, 1.807) is 6.33 Å². The second-order valence-corrected chi connectivity index (χ2v) is 7.33. The SMILES string of the molecule is CCOC(=O)C1CCCN(c2ncnc(NCCN3CCCCC3)c2N)C1. The number of hydrogen-bond acceptors (Lipinski definition) is 8. The third kappa shape index (κ3) is 5.22. The zero-order chi connectivity index (χ0) is 19.1. The number of carbonyl (C=O) groups is 1. The van der Waals surface area contributed by atoms with Gasteiger partial charge in [-0.05, 0) is 45.7 Å². The summed E-state index contributed by atoms with van der Waals surface area (Å²) in [5.74, 6) is 1.13. The zero-order valence-corrected chi connectivity index (χ0v) is 16.3. The Hall–Kier alpha value is -2.09. The Kier molecular flexibility index (Phi) is 7.09. The van der Waals surface area contributed by atoms with Crippen molar-refractivity contribution in [2.75, 3.05) is 61.8 Å². The Morgan fingerprint density at radius 1 is 1.26 bits per heavy atom. The Bertz CT molecular complexity index is 620. The van der Waals surface area contributed by atoms with E-state index in [-0.39, 0.29) is 11.9 Å². The fraction of sp³-hybridized carbons (Fsp3) is 0.737. The molecule has 27 heavy (non-hydrogen) atoms. The van der Waals surface area contributed by atoms with Gasteiger partial charge in [0.25, 0.3) is 0 Å². The van der Waals surface area contributed by atoms with E-state index >= 15 is 0 Å². The van der Waals surface area contributed by atoms with Crippen LogP contribution in [-0.4, -0.2) is 66.7 Å². The van der Waals surface area contributed by atoms with E-state index in [0.717, 1.165) is 32.5 Å². The van der Waals surface area contributed by atoms with Crippen LogP contribution in [0.2, 0.25) is 0 Å². The lowest BCUT2D eigenvalue weighted by molar-refractivity contribution is -0.148. The molecule has 0 aromatic carbocycles. The topological polar surface area (TPSA) is 96.6 Å². The number of rotatable bonds is 7. The van der Waals surface area contributed by atoms with Gasteiger partial charge in [-0.3, -0.25) is 4.79 Å². The summed E-state index contributed by atoms with van der Waals surface area (Å²) in [6, 6.07) is 0. The summed E-state index contributed by atoms with van der Waals surface area (Å²) in [5, 5.41) is 3.36. The van der Waals surface area contributed by atoms with Gasteiger partial charge in [0.15, 0.2) is 11.6 Å². The maximum absolute atomic E-state index is 12.1. The van der Waals surface area contributed by atoms with E-state index < -0.39 is 0 Å². The van der Waals surface area contributed by atoms with Crippen molar-refractivity contribution in [2.24, 2.45) is 5.92 Å². The Balaban J connectivity index is 1.59. The van der Waals surface area contributed by atoms with Crippen LogP contribution in [0.4, 0.5) is 17.3 Å². The fourth-order valence-electron chi connectivity index (χ4n) is 3.92. The average Bonchev–Trinajstić information content (AvgIpc) is 2.70. The summed E-state index contributed by atoms with van der Waals surface area (Å²) in [6.45, 7) is 7.83. The zero-order valence-electron chi connectivity index (χ0n) is 16.3. The minimum Gasteiger partial charge on any atom is -0.466 e. The largest absolute Gasteiger partial charge is 0.466 e. The lowest BCUT2D eigenvalue weighted by Crippen LogP contribution is -2.40. The normalized spacial score (nSPS) is 21.1. The minimum absolute atomic E-state index is 0.122. The molecule has 2 fully saturated rings. The lowest BCUT2D eigenvalue weighted by Gasteiger charge is -2.33. The van der Waals surface area contributed by atoms with Crippen LogP contribution in [0.25, 0.3) is 0 Å². The average molecular weight is 377 g/mol. The maximum atomic E-state index is 12.1. The second kappa shape index (κ2) is 9.73. The Labute approximate surface area is 161 Å². The highest BCUT2D eigenvalue weighted by Gasteiger charge is 2.29. The molecule has 0 aliphatic carbocycles. The number of piperidine rings is 2. The molecule has 3 N–H and O–H groups in total. The molecule has 3 heterocycles. The molecule has 0 amide bonds. The van der Waals surface area contributed by atoms with Crippen LogP contribution in [-0.2, 0) is 9.53 Å². The number of nitrogen functional groups attached to an aromatic ring is 1. The van der Waals surface area contributed by atoms with E-state index in [4.69, 9.17) is 10.5 Å². The van der Waals surface area contributed by atoms with Crippen LogP contribution in [0.3, 0.4) is 0 Å². The second-order valence-electron chi connectivity index (χ2n) is 7.33. The molecule has 0 radical (unpaired) electrons. The van der Waals surface area contributed by atoms with Crippen molar-refractivity contribution in [1.82, 2.24) is 14.9 Å². The number of nitrogens with one attached hydrogen (secondary N) is 1. The molecular formula is C19H32N6O2. The van der Waals surface area contributed by atoms with Crippen molar-refractivity contribution in [3.8, 4) is 0 Å². The van der Waals surface area contributed by atoms with Gasteiger partial charge < -0.3 is 25.6 Å². The van der Waals surface area contributed by atoms with E-state index in [0.29, 0.717) is 30.5 Å². The number of nitrogens with zero attached hydrogens (tertiary/aromatic N) is 4. The summed E-state index contributed by atoms with van der Waals surface area (Å²) in [5.41, 5.74) is 6.91. The minimum atomic E-state index is -0.130. The highest BCUT2D eigenvalue weighted by Crippen LogP contribution is 2.30. The molecule has 150 valence electrons. The fourth-order valence-corrected chi connectivity index (χ4v) is 3.92. The van der Waals surface area contributed by atoms with E-state index in [2.05, 4.69) is 25.1 Å². The van der Waals surface area contributed by atoms with Crippen LogP contribution in [0.15, 0.2) is 6.33 Å². The summed E-state index contributed by atoms with van der Waals surface area (Å²) >= 11 is 0. The van der Waals surface area contributed by atoms with Crippen molar-refractivity contribution in [3.63, 3.8) is 0 Å². The monoisotopic (exact) mass is 376 g/mol. The van der Waals surface area contributed by atoms with Gasteiger partial charge in [-0.2, -0.15) is 0 Å². The van der Waals surface area contributed by atoms with Gasteiger partial charge in [-0.1, -0.05) is 6.42 Å². The summed E-state index contributed by atoms with van der Waals surface area (Å²) in [6.07, 6.45) is 7.23. The first-order chi connectivity index (χ1) is 13.2. The highest BCUT2D eigenvalue weighted by atomic mass is 16.5. The van der Waals surface area contributed by atoms with E-state index in [1.807, 2.05) is 6.92 Å². The lowest BCUT2D eigenvalue weighted by atomic mass is 9.98. The highest BCUT2D eigenvalue weighted by molar-refractivity contribution is 5.77. The molecule has 1 atom stereocenters. The van der Waals surface area contributed by atoms with Crippen LogP contribution < -0.4 is 16.0 Å². The quantitative estimate of drug-likeness (QED) is 0.695. The van der Waals surface area contributed by atoms with Crippen LogP contribution >= 0.6 is 0 Å². The summed E-state index contributed by atoms with van der Waals surface area (Å²) in [4.78, 5) is 25.3. The van der Waals surface area contributed by atoms with Gasteiger partial charge in [0.2, 0.25) is 0 Å². The van der Waals surface area contributed by atoms with Crippen LogP contribution in [0.5, 0.6) is 0 Å². The van der Waals surface area contributed by atoms with Gasteiger partial charge in [-0.25, -0.2) is 9.97 Å². The smallest absolute Gasteiger partial charge is 0.310 e. The van der Waals surface area contributed by atoms with Gasteiger partial charge in [-0.15, -0.1) is 0 Å². The number of ether oxygens (including phenoxy) is 1. The first kappa shape index (κ1) is 19.7. The van der Waals surface area contributed by atoms with Crippen molar-refractivity contribution in [2.45, 2.75) is 39.0 Å². The number of esters is 1. The van der Waals surface area contributed by atoms with Crippen molar-refractivity contribution >= 4 is 23.3 Å². The number of likely N-dealkylation sites (tertiary alicyclic amines) is 1. The first-order valence-electron chi connectivity index (χ1n) is 10.2. The molecule has 3 rings (SSSR count). The number of carbonyl (C=O) groups excluding carboxylic acids is 1. The number of aromatic nitrogens is 2. The Morgan fingerprint density at radius 3 is 2.85 bits per heavy atom. The molecule has 1 unspecified atom stereocenters. The van der Waals surface area contributed by atoms with Gasteiger partial charge in [0.05, 0.1) is 12.5 Å². The molecule has 8 heteroatoms. The van der Waals surface area contributed by atoms with Crippen molar-refractivity contribution in [3.05, 3.63) is 6.33 Å². The maximum Gasteiger partial charge on any atom is 0.310 e. The molecular weight excluding hydrogens is 344 g/mol. The molecule has 1 aromatic rings. The molecule has 2 aliphatic heterocycles. The number of nitrogens with two attached hydrogens (primary N) is 1. The molecule has 2 saturated heterocycles.